The number of hydrogen-bond donors (Lipinski definition) is 0. The molecule has 132 valence electrons. The Morgan fingerprint density at radius 1 is 0.731 bits per heavy atom. The van der Waals surface area contributed by atoms with E-state index in [0.717, 1.165) is 5.76 Å². The summed E-state index contributed by atoms with van der Waals surface area (Å²) in [5.41, 5.74) is 2.49. The molecular formula is C23H22I2O+2. The van der Waals surface area contributed by atoms with E-state index in [9.17, 15) is 0 Å². The van der Waals surface area contributed by atoms with E-state index in [1.165, 1.54) is 19.9 Å². The summed E-state index contributed by atoms with van der Waals surface area (Å²) in [5.74, 6) is 1.11. The molecule has 0 aliphatic heterocycles. The maximum Gasteiger partial charge on any atom is 0.446 e. The highest BCUT2D eigenvalue weighted by molar-refractivity contribution is 5.60. The summed E-state index contributed by atoms with van der Waals surface area (Å²) in [5, 5.41) is 0. The van der Waals surface area contributed by atoms with Crippen molar-refractivity contribution in [3.8, 4) is 0 Å². The molecule has 3 heteroatoms. The summed E-state index contributed by atoms with van der Waals surface area (Å²) in [6.45, 7) is 4.90. The lowest BCUT2D eigenvalue weighted by Gasteiger charge is -2.05. The Kier molecular flexibility index (Phi) is 7.55. The molecule has 0 aliphatic rings. The Labute approximate surface area is 177 Å². The van der Waals surface area contributed by atoms with Gasteiger partial charge in [-0.05, 0) is 38.1 Å². The molecular weight excluding hydrogens is 546 g/mol. The minimum absolute atomic E-state index is 0.248. The molecule has 0 bridgehead atoms. The van der Waals surface area contributed by atoms with Crippen LogP contribution < -0.4 is 42.4 Å². The van der Waals surface area contributed by atoms with Crippen LogP contribution in [0.2, 0.25) is 0 Å². The summed E-state index contributed by atoms with van der Waals surface area (Å²) in [4.78, 5) is 0. The van der Waals surface area contributed by atoms with Crippen molar-refractivity contribution in [3.63, 3.8) is 0 Å². The Hall–Kier alpha value is -1.34. The van der Waals surface area contributed by atoms with Crippen molar-refractivity contribution >= 4 is 5.76 Å². The predicted molar refractivity (Wildman–Crippen MR) is 100 cm³/mol. The average molecular weight is 568 g/mol. The zero-order chi connectivity index (χ0) is 18.2. The first-order valence-electron chi connectivity index (χ1n) is 8.60. The quantitative estimate of drug-likeness (QED) is 0.278. The van der Waals surface area contributed by atoms with Crippen molar-refractivity contribution < 1.29 is 47.1 Å². The van der Waals surface area contributed by atoms with Crippen LogP contribution in [0.4, 0.5) is 0 Å². The molecule has 0 aliphatic carbocycles. The third-order valence-corrected chi connectivity index (χ3v) is 11.0. The van der Waals surface area contributed by atoms with Crippen molar-refractivity contribution in [2.24, 2.45) is 0 Å². The predicted octanol–water partition coefficient (Wildman–Crippen LogP) is -0.425. The SMILES string of the molecule is CCOC(=C([I+]c1ccccc1)[I+]c1ccccc1)c1ccc(C)cc1. The number of benzene rings is 3. The first-order chi connectivity index (χ1) is 12.8. The summed E-state index contributed by atoms with van der Waals surface area (Å²) in [7, 11) is 0. The molecule has 0 amide bonds. The van der Waals surface area contributed by atoms with Gasteiger partial charge < -0.3 is 4.74 Å². The molecule has 0 heterocycles. The van der Waals surface area contributed by atoms with E-state index in [0.29, 0.717) is 6.61 Å². The number of halogens is 2. The minimum atomic E-state index is -0.248. The van der Waals surface area contributed by atoms with Gasteiger partial charge in [-0.3, -0.25) is 0 Å². The van der Waals surface area contributed by atoms with E-state index in [2.05, 4.69) is 98.8 Å². The monoisotopic (exact) mass is 568 g/mol. The Bertz CT molecular complexity index is 797. The zero-order valence-electron chi connectivity index (χ0n) is 15.0. The second-order valence-electron chi connectivity index (χ2n) is 5.67. The van der Waals surface area contributed by atoms with Gasteiger partial charge in [0.2, 0.25) is 5.76 Å². The second-order valence-corrected chi connectivity index (χ2v) is 13.5. The average Bonchev–Trinajstić information content (AvgIpc) is 2.68. The van der Waals surface area contributed by atoms with Crippen molar-refractivity contribution in [1.29, 1.82) is 0 Å². The largest absolute Gasteiger partial charge is 0.485 e. The molecule has 0 saturated heterocycles. The third kappa shape index (κ3) is 5.58. The molecule has 0 spiro atoms. The summed E-state index contributed by atoms with van der Waals surface area (Å²) < 4.78 is 10.6. The first kappa shape index (κ1) is 19.4. The van der Waals surface area contributed by atoms with Crippen LogP contribution in [0.15, 0.2) is 86.5 Å². The van der Waals surface area contributed by atoms with E-state index < -0.39 is 0 Å². The van der Waals surface area contributed by atoms with Gasteiger partial charge in [0.25, 0.3) is 0 Å². The lowest BCUT2D eigenvalue weighted by Crippen LogP contribution is -3.81. The maximum atomic E-state index is 6.21. The third-order valence-electron chi connectivity index (χ3n) is 3.62. The summed E-state index contributed by atoms with van der Waals surface area (Å²) in [6, 6.07) is 30.5. The van der Waals surface area contributed by atoms with Crippen LogP contribution >= 0.6 is 0 Å². The second kappa shape index (κ2) is 10.1. The molecule has 0 fully saturated rings. The number of aryl methyl sites for hydroxylation is 1. The molecule has 0 N–H and O–H groups in total. The molecule has 3 aromatic rings. The van der Waals surface area contributed by atoms with Crippen LogP contribution in [0.1, 0.15) is 18.1 Å². The van der Waals surface area contributed by atoms with Crippen LogP contribution in [0.3, 0.4) is 0 Å². The van der Waals surface area contributed by atoms with Crippen molar-refractivity contribution in [3.05, 3.63) is 105 Å². The Morgan fingerprint density at radius 3 is 1.69 bits per heavy atom. The van der Waals surface area contributed by atoms with Gasteiger partial charge in [0.05, 0.1) is 6.61 Å². The Morgan fingerprint density at radius 2 is 1.23 bits per heavy atom. The van der Waals surface area contributed by atoms with Crippen molar-refractivity contribution in [2.45, 2.75) is 13.8 Å². The van der Waals surface area contributed by atoms with Crippen LogP contribution in [0.5, 0.6) is 0 Å². The van der Waals surface area contributed by atoms with Gasteiger partial charge in [0.1, 0.15) is 0 Å². The van der Waals surface area contributed by atoms with E-state index in [1.54, 1.807) is 0 Å². The van der Waals surface area contributed by atoms with E-state index in [-0.39, 0.29) is 42.4 Å². The molecule has 0 aromatic heterocycles. The van der Waals surface area contributed by atoms with Crippen molar-refractivity contribution in [1.82, 2.24) is 0 Å². The van der Waals surface area contributed by atoms with Gasteiger partial charge in [0, 0.05) is 5.56 Å². The summed E-state index contributed by atoms with van der Waals surface area (Å²) in [6.07, 6.45) is 0. The number of ether oxygens (including phenoxy) is 1. The fourth-order valence-electron chi connectivity index (χ4n) is 2.35. The molecule has 0 radical (unpaired) electrons. The molecule has 0 saturated carbocycles. The van der Waals surface area contributed by atoms with E-state index in [1.807, 2.05) is 0 Å². The zero-order valence-corrected chi connectivity index (χ0v) is 19.3. The van der Waals surface area contributed by atoms with Crippen molar-refractivity contribution in [2.75, 3.05) is 6.61 Å². The first-order valence-corrected chi connectivity index (χ1v) is 12.9. The van der Waals surface area contributed by atoms with Crippen LogP contribution in [-0.2, 0) is 4.74 Å². The van der Waals surface area contributed by atoms with Crippen LogP contribution in [0, 0.1) is 14.1 Å². The minimum Gasteiger partial charge on any atom is -0.485 e. The van der Waals surface area contributed by atoms with Crippen LogP contribution in [0.25, 0.3) is 5.76 Å². The highest BCUT2D eigenvalue weighted by Gasteiger charge is 2.40. The van der Waals surface area contributed by atoms with Crippen LogP contribution in [-0.4, -0.2) is 6.61 Å². The highest BCUT2D eigenvalue weighted by Crippen LogP contribution is 2.15. The number of rotatable bonds is 7. The van der Waals surface area contributed by atoms with Gasteiger partial charge in [0.15, 0.2) is 7.14 Å². The standard InChI is InChI=1S/C23H22I2O/c1-3-26-22(19-16-14-18(2)15-17-19)23(24-20-10-6-4-7-11-20)25-21-12-8-5-9-13-21/h4-17H,3H2,1-2H3/q+2. The summed E-state index contributed by atoms with van der Waals surface area (Å²) >= 11 is -0.496. The maximum absolute atomic E-state index is 6.21. The lowest BCUT2D eigenvalue weighted by atomic mass is 10.1. The molecule has 0 atom stereocenters. The van der Waals surface area contributed by atoms with E-state index >= 15 is 0 Å². The van der Waals surface area contributed by atoms with E-state index in [4.69, 9.17) is 4.74 Å². The fourth-order valence-corrected chi connectivity index (χ4v) is 10.4. The molecule has 0 unspecified atom stereocenters. The molecule has 26 heavy (non-hydrogen) atoms. The van der Waals surface area contributed by atoms with Gasteiger partial charge >= 0.3 is 44.0 Å². The van der Waals surface area contributed by atoms with Gasteiger partial charge in [-0.2, -0.15) is 0 Å². The topological polar surface area (TPSA) is 9.23 Å². The smallest absolute Gasteiger partial charge is 0.446 e. The fraction of sp³-hybridized carbons (Fsp3) is 0.130. The van der Waals surface area contributed by atoms with Gasteiger partial charge in [-0.15, -0.1) is 0 Å². The highest BCUT2D eigenvalue weighted by atomic mass is 127. The Balaban J connectivity index is 2.04. The lowest BCUT2D eigenvalue weighted by molar-refractivity contribution is -0.763. The molecule has 3 rings (SSSR count). The molecule has 1 nitrogen and oxygen atoms in total. The molecule has 3 aromatic carbocycles. The number of hydrogen-bond acceptors (Lipinski definition) is 1. The normalized spacial score (nSPS) is 10.4. The van der Waals surface area contributed by atoms with Gasteiger partial charge in [-0.25, -0.2) is 0 Å². The van der Waals surface area contributed by atoms with Gasteiger partial charge in [-0.1, -0.05) is 66.2 Å².